The maximum Gasteiger partial charge on any atom is 0.0991 e. The third-order valence-corrected chi connectivity index (χ3v) is 1.88. The van der Waals surface area contributed by atoms with Crippen LogP contribution in [-0.4, -0.2) is 0 Å². The summed E-state index contributed by atoms with van der Waals surface area (Å²) >= 11 is 3.32. The zero-order chi connectivity index (χ0) is 7.40. The minimum absolute atomic E-state index is 0.713. The maximum absolute atomic E-state index is 8.44. The van der Waals surface area contributed by atoms with Gasteiger partial charge < -0.3 is 0 Å². The lowest BCUT2D eigenvalue weighted by molar-refractivity contribution is 1.41. The van der Waals surface area contributed by atoms with Gasteiger partial charge in [-0.2, -0.15) is 5.26 Å². The van der Waals surface area contributed by atoms with Crippen LogP contribution >= 0.6 is 15.9 Å². The van der Waals surface area contributed by atoms with Crippen LogP contribution < -0.4 is 0 Å². The number of nitriles is 1. The summed E-state index contributed by atoms with van der Waals surface area (Å²) in [5.41, 5.74) is 1.91. The number of hydrogen-bond donors (Lipinski definition) is 0. The molecule has 10 heavy (non-hydrogen) atoms. The van der Waals surface area contributed by atoms with Crippen molar-refractivity contribution in [1.29, 1.82) is 5.26 Å². The van der Waals surface area contributed by atoms with Crippen molar-refractivity contribution in [2.45, 2.75) is 5.33 Å². The van der Waals surface area contributed by atoms with Crippen molar-refractivity contribution in [1.82, 2.24) is 0 Å². The first-order chi connectivity index (χ1) is 4.86. The summed E-state index contributed by atoms with van der Waals surface area (Å²) in [7, 11) is 0. The second-order valence-electron chi connectivity index (χ2n) is 1.94. The van der Waals surface area contributed by atoms with Crippen LogP contribution in [-0.2, 0) is 5.33 Å². The fourth-order valence-corrected chi connectivity index (χ4v) is 1.04. The average Bonchev–Trinajstić information content (AvgIpc) is 2.05. The molecule has 0 aliphatic rings. The molecule has 0 fully saturated rings. The topological polar surface area (TPSA) is 23.8 Å². The number of nitrogens with zero attached hydrogens (tertiary/aromatic N) is 1. The van der Waals surface area contributed by atoms with E-state index in [9.17, 15) is 0 Å². The van der Waals surface area contributed by atoms with E-state index in [0.29, 0.717) is 5.56 Å². The summed E-state index contributed by atoms with van der Waals surface area (Å²) in [6, 6.07) is 9.57. The smallest absolute Gasteiger partial charge is 0.0991 e. The first-order valence-electron chi connectivity index (χ1n) is 2.92. The molecular weight excluding hydrogens is 198 g/mol. The summed E-state index contributed by atoms with van der Waals surface area (Å²) in [4.78, 5) is 0. The molecule has 1 rings (SSSR count). The highest BCUT2D eigenvalue weighted by molar-refractivity contribution is 9.08. The Morgan fingerprint density at radius 3 is 2.30 bits per heavy atom. The van der Waals surface area contributed by atoms with Crippen molar-refractivity contribution < 1.29 is 0 Å². The quantitative estimate of drug-likeness (QED) is 0.391. The van der Waals surface area contributed by atoms with Crippen LogP contribution in [0.5, 0.6) is 0 Å². The average molecular weight is 204 g/mol. The molecule has 1 nitrogen and oxygen atoms in total. The number of halogens is 1. The molecule has 50 valence electrons. The highest BCUT2D eigenvalue weighted by atomic mass is 79.9. The molecule has 0 amide bonds. The molecule has 0 aliphatic heterocycles. The van der Waals surface area contributed by atoms with E-state index in [4.69, 9.17) is 5.26 Å². The summed E-state index contributed by atoms with van der Waals surface area (Å²) in [6.45, 7) is 0. The molecule has 0 saturated heterocycles. The third-order valence-electron chi connectivity index (χ3n) is 1.24. The lowest BCUT2D eigenvalue weighted by atomic mass is 11.0. The third kappa shape index (κ3) is 1.58. The molecule has 1 aromatic rings. The molecule has 0 atom stereocenters. The maximum atomic E-state index is 8.44. The summed E-state index contributed by atoms with van der Waals surface area (Å²) in [6.07, 6.45) is 0. The lowest BCUT2D eigenvalue weighted by Crippen LogP contribution is -1.76. The van der Waals surface area contributed by atoms with E-state index in [0.717, 1.165) is 5.33 Å². The molecule has 0 bridgehead atoms. The molecule has 0 aromatic heterocycles. The predicted molar refractivity (Wildman–Crippen MR) is 43.8 cm³/mol. The highest BCUT2D eigenvalue weighted by Gasteiger charge is 1.89. The van der Waals surface area contributed by atoms with Gasteiger partial charge in [-0.05, 0) is 17.7 Å². The van der Waals surface area contributed by atoms with Crippen molar-refractivity contribution in [3.8, 4) is 6.07 Å². The Labute approximate surface area is 68.4 Å². The monoisotopic (exact) mass is 203 g/mol. The van der Waals surface area contributed by atoms with Gasteiger partial charge in [0.15, 0.2) is 0 Å². The van der Waals surface area contributed by atoms with Gasteiger partial charge in [0.1, 0.15) is 0 Å². The molecular formula is C8H6BrN. The van der Waals surface area contributed by atoms with E-state index in [-0.39, 0.29) is 0 Å². The molecule has 0 spiro atoms. The zero-order valence-electron chi connectivity index (χ0n) is 5.34. The lowest BCUT2D eigenvalue weighted by Gasteiger charge is -1.92. The van der Waals surface area contributed by atoms with Crippen LogP contribution in [0, 0.1) is 11.3 Å². The molecule has 0 radical (unpaired) electrons. The van der Waals surface area contributed by atoms with Gasteiger partial charge in [0, 0.05) is 5.33 Å². The predicted octanol–water partition coefficient (Wildman–Crippen LogP) is 2.45. The Balaban J connectivity index is 2.93. The summed E-state index contributed by atoms with van der Waals surface area (Å²) in [5.74, 6) is 0. The van der Waals surface area contributed by atoms with Crippen LogP contribution in [0.1, 0.15) is 11.1 Å². The van der Waals surface area contributed by atoms with E-state index >= 15 is 0 Å². The van der Waals surface area contributed by atoms with Crippen LogP contribution in [0.4, 0.5) is 0 Å². The zero-order valence-corrected chi connectivity index (χ0v) is 6.93. The molecule has 0 unspecified atom stereocenters. The van der Waals surface area contributed by atoms with Crippen molar-refractivity contribution in [2.24, 2.45) is 0 Å². The molecule has 0 heterocycles. The Kier molecular flexibility index (Phi) is 2.47. The van der Waals surface area contributed by atoms with Crippen LogP contribution in [0.15, 0.2) is 24.3 Å². The Hall–Kier alpha value is -0.810. The first kappa shape index (κ1) is 7.30. The summed E-state index contributed by atoms with van der Waals surface area (Å²) < 4.78 is 0. The van der Waals surface area contributed by atoms with Gasteiger partial charge in [0.05, 0.1) is 11.6 Å². The Morgan fingerprint density at radius 1 is 1.30 bits per heavy atom. The van der Waals surface area contributed by atoms with Gasteiger partial charge in [-0.1, -0.05) is 28.1 Å². The number of rotatable bonds is 1. The first-order valence-corrected chi connectivity index (χ1v) is 4.04. The standard InChI is InChI=1S/C8H6BrN/c9-5-7-1-3-8(6-10)4-2-7/h1-4H,5H2/i1+1,2+1,3+1,4+1,6+1,7+1,8+1,10+1. The number of benzene rings is 1. The van der Waals surface area contributed by atoms with Crippen molar-refractivity contribution in [3.05, 3.63) is 35.4 Å². The fourth-order valence-electron chi connectivity index (χ4n) is 0.668. The van der Waals surface area contributed by atoms with Crippen LogP contribution in [0.25, 0.3) is 0 Å². The highest BCUT2D eigenvalue weighted by Crippen LogP contribution is 2.06. The second-order valence-corrected chi connectivity index (χ2v) is 2.50. The Morgan fingerprint density at radius 2 is 1.90 bits per heavy atom. The fraction of sp³-hybridized carbons (Fsp3) is 0.125. The van der Waals surface area contributed by atoms with E-state index in [1.165, 1.54) is 5.56 Å². The van der Waals surface area contributed by atoms with Crippen LogP contribution in [0.3, 0.4) is 0 Å². The van der Waals surface area contributed by atoms with Crippen molar-refractivity contribution >= 4 is 15.9 Å². The number of alkyl halides is 1. The SMILES string of the molecule is [15N]#[13C][13c]1[13cH][13cH][13c](CBr)[13cH][13cH]1. The minimum Gasteiger partial charge on any atom is -0.192 e. The van der Waals surface area contributed by atoms with E-state index in [1.807, 2.05) is 24.3 Å². The largest absolute Gasteiger partial charge is 0.192 e. The molecule has 0 N–H and O–H groups in total. The van der Waals surface area contributed by atoms with Crippen LogP contribution in [0.2, 0.25) is 0 Å². The van der Waals surface area contributed by atoms with Crippen molar-refractivity contribution in [2.75, 3.05) is 0 Å². The van der Waals surface area contributed by atoms with Gasteiger partial charge in [-0.25, -0.2) is 0 Å². The number of hydrogen-bond acceptors (Lipinski definition) is 1. The van der Waals surface area contributed by atoms with Gasteiger partial charge in [0.2, 0.25) is 0 Å². The Bertz CT molecular complexity index is 245. The normalized spacial score (nSPS) is 8.80. The van der Waals surface area contributed by atoms with E-state index < -0.39 is 0 Å². The molecule has 0 saturated carbocycles. The van der Waals surface area contributed by atoms with Gasteiger partial charge >= 0.3 is 0 Å². The van der Waals surface area contributed by atoms with Gasteiger partial charge in [-0.3, -0.25) is 0 Å². The second kappa shape index (κ2) is 3.38. The van der Waals surface area contributed by atoms with E-state index in [2.05, 4.69) is 22.0 Å². The molecule has 2 heteroatoms. The van der Waals surface area contributed by atoms with Gasteiger partial charge in [0.25, 0.3) is 0 Å². The summed E-state index contributed by atoms with van der Waals surface area (Å²) in [5, 5.41) is 9.29. The van der Waals surface area contributed by atoms with Gasteiger partial charge in [-0.15, -0.1) is 0 Å². The minimum atomic E-state index is 0.713. The molecule has 1 aromatic carbocycles. The van der Waals surface area contributed by atoms with E-state index in [1.54, 1.807) is 0 Å². The molecule has 0 aliphatic carbocycles. The van der Waals surface area contributed by atoms with Crippen molar-refractivity contribution in [3.63, 3.8) is 0 Å².